The molecule has 0 aromatic heterocycles. The van der Waals surface area contributed by atoms with E-state index in [4.69, 9.17) is 12.2 Å². The highest BCUT2D eigenvalue weighted by molar-refractivity contribution is 7.80. The molecule has 0 unspecified atom stereocenters. The number of allylic oxidation sites excluding steroid dienone is 1. The fourth-order valence-electron chi connectivity index (χ4n) is 1.19. The Bertz CT molecular complexity index is 278. The zero-order valence-corrected chi connectivity index (χ0v) is 8.83. The summed E-state index contributed by atoms with van der Waals surface area (Å²) < 4.78 is 0. The molecule has 0 aliphatic carbocycles. The van der Waals surface area contributed by atoms with Crippen LogP contribution in [-0.4, -0.2) is 28.9 Å². The highest BCUT2D eigenvalue weighted by Gasteiger charge is 2.22. The molecule has 12 heavy (non-hydrogen) atoms. The average molecular weight is 182 g/mol. The van der Waals surface area contributed by atoms with E-state index in [0.717, 1.165) is 16.4 Å². The maximum atomic E-state index is 5.24. The summed E-state index contributed by atoms with van der Waals surface area (Å²) in [6, 6.07) is 0. The van der Waals surface area contributed by atoms with Crippen molar-refractivity contribution in [3.05, 3.63) is 23.7 Å². The molecule has 0 radical (unpaired) electrons. The number of rotatable bonds is 0. The monoisotopic (exact) mass is 182 g/mol. The van der Waals surface area contributed by atoms with Crippen LogP contribution in [0, 0.1) is 0 Å². The van der Waals surface area contributed by atoms with Gasteiger partial charge < -0.3 is 9.80 Å². The molecule has 1 heterocycles. The molecule has 0 aromatic carbocycles. The van der Waals surface area contributed by atoms with Gasteiger partial charge in [-0.2, -0.15) is 0 Å². The van der Waals surface area contributed by atoms with Gasteiger partial charge in [0.1, 0.15) is 10.8 Å². The zero-order chi connectivity index (χ0) is 9.46. The number of hydrogen-bond acceptors (Lipinski definition) is 2. The number of nitrogens with zero attached hydrogens (tertiary/aromatic N) is 2. The molecule has 2 nitrogen and oxygen atoms in total. The lowest BCUT2D eigenvalue weighted by Gasteiger charge is -2.37. The first-order valence-corrected chi connectivity index (χ1v) is 4.25. The van der Waals surface area contributed by atoms with E-state index in [1.54, 1.807) is 0 Å². The summed E-state index contributed by atoms with van der Waals surface area (Å²) in [5.41, 5.74) is 2.34. The minimum Gasteiger partial charge on any atom is -0.335 e. The zero-order valence-electron chi connectivity index (χ0n) is 8.01. The van der Waals surface area contributed by atoms with E-state index in [1.807, 2.05) is 30.8 Å². The second kappa shape index (κ2) is 2.90. The van der Waals surface area contributed by atoms with Crippen LogP contribution in [0.15, 0.2) is 23.7 Å². The van der Waals surface area contributed by atoms with Gasteiger partial charge in [0.25, 0.3) is 0 Å². The van der Waals surface area contributed by atoms with E-state index in [-0.39, 0.29) is 0 Å². The molecule has 0 amide bonds. The van der Waals surface area contributed by atoms with Crippen molar-refractivity contribution in [3.63, 3.8) is 0 Å². The molecular formula is C9H14N2S. The molecule has 0 N–H and O–H groups in total. The molecule has 0 aromatic rings. The van der Waals surface area contributed by atoms with E-state index >= 15 is 0 Å². The van der Waals surface area contributed by atoms with Gasteiger partial charge in [0, 0.05) is 25.4 Å². The third-order valence-electron chi connectivity index (χ3n) is 2.45. The molecular weight excluding hydrogens is 168 g/mol. The Kier molecular flexibility index (Phi) is 2.24. The van der Waals surface area contributed by atoms with Gasteiger partial charge in [-0.1, -0.05) is 18.8 Å². The van der Waals surface area contributed by atoms with Gasteiger partial charge in [-0.05, 0) is 13.8 Å². The molecule has 0 fully saturated rings. The van der Waals surface area contributed by atoms with Crippen LogP contribution in [0.2, 0.25) is 0 Å². The summed E-state index contributed by atoms with van der Waals surface area (Å²) in [5, 5.41) is 0. The van der Waals surface area contributed by atoms with E-state index in [2.05, 4.69) is 13.5 Å². The quantitative estimate of drug-likeness (QED) is 0.529. The van der Waals surface area contributed by atoms with Crippen molar-refractivity contribution in [2.75, 3.05) is 14.1 Å². The fourth-order valence-corrected chi connectivity index (χ4v) is 1.45. The fraction of sp³-hybridized carbons (Fsp3) is 0.444. The highest BCUT2D eigenvalue weighted by atomic mass is 32.1. The summed E-state index contributed by atoms with van der Waals surface area (Å²) in [6.07, 6.45) is 0. The van der Waals surface area contributed by atoms with E-state index in [9.17, 15) is 0 Å². The van der Waals surface area contributed by atoms with Crippen LogP contribution in [0.5, 0.6) is 0 Å². The van der Waals surface area contributed by atoms with Gasteiger partial charge in [-0.15, -0.1) is 0 Å². The predicted octanol–water partition coefficient (Wildman–Crippen LogP) is 1.96. The van der Waals surface area contributed by atoms with Crippen LogP contribution in [0.4, 0.5) is 0 Å². The predicted molar refractivity (Wildman–Crippen MR) is 55.6 cm³/mol. The standard InChI is InChI=1S/C9H14N2S/c1-6-7(2)10(4)8(3)11(5)9(6)12/h3H2,1-2,4-5H3. The SMILES string of the molecule is C=C1N(C)C(=S)C(C)=C(C)N1C. The first-order valence-electron chi connectivity index (χ1n) is 3.85. The third kappa shape index (κ3) is 1.14. The maximum Gasteiger partial charge on any atom is 0.111 e. The minimum absolute atomic E-state index is 0.871. The summed E-state index contributed by atoms with van der Waals surface area (Å²) in [5.74, 6) is 0.933. The van der Waals surface area contributed by atoms with Crippen molar-refractivity contribution in [1.29, 1.82) is 0 Å². The normalized spacial score (nSPS) is 19.3. The molecule has 0 saturated heterocycles. The second-order valence-corrected chi connectivity index (χ2v) is 3.44. The van der Waals surface area contributed by atoms with Crippen LogP contribution in [-0.2, 0) is 0 Å². The van der Waals surface area contributed by atoms with Crippen molar-refractivity contribution < 1.29 is 0 Å². The van der Waals surface area contributed by atoms with Crippen molar-refractivity contribution >= 4 is 17.2 Å². The lowest BCUT2D eigenvalue weighted by atomic mass is 10.1. The Balaban J connectivity index is 3.17. The highest BCUT2D eigenvalue weighted by Crippen LogP contribution is 2.23. The number of thiocarbonyl (C=S) groups is 1. The van der Waals surface area contributed by atoms with Crippen molar-refractivity contribution in [3.8, 4) is 0 Å². The minimum atomic E-state index is 0.871. The van der Waals surface area contributed by atoms with Gasteiger partial charge in [-0.25, -0.2) is 0 Å². The van der Waals surface area contributed by atoms with Gasteiger partial charge in [-0.3, -0.25) is 0 Å². The third-order valence-corrected chi connectivity index (χ3v) is 3.03. The molecule has 0 bridgehead atoms. The maximum absolute atomic E-state index is 5.24. The van der Waals surface area contributed by atoms with Gasteiger partial charge in [0.2, 0.25) is 0 Å². The number of likely N-dealkylation sites (N-methyl/N-ethyl adjacent to an activating group) is 1. The Morgan fingerprint density at radius 2 is 1.67 bits per heavy atom. The Labute approximate surface area is 79.2 Å². The Morgan fingerprint density at radius 1 is 1.17 bits per heavy atom. The molecule has 3 heteroatoms. The Hall–Kier alpha value is -0.830. The van der Waals surface area contributed by atoms with Gasteiger partial charge in [0.15, 0.2) is 0 Å². The molecule has 1 aliphatic heterocycles. The smallest absolute Gasteiger partial charge is 0.111 e. The molecule has 0 atom stereocenters. The van der Waals surface area contributed by atoms with E-state index < -0.39 is 0 Å². The van der Waals surface area contributed by atoms with E-state index in [0.29, 0.717) is 0 Å². The van der Waals surface area contributed by atoms with Crippen molar-refractivity contribution in [1.82, 2.24) is 9.80 Å². The summed E-state index contributed by atoms with van der Waals surface area (Å²) in [7, 11) is 3.94. The van der Waals surface area contributed by atoms with Crippen LogP contribution < -0.4 is 0 Å². The molecule has 0 saturated carbocycles. The lowest BCUT2D eigenvalue weighted by Crippen LogP contribution is -2.38. The van der Waals surface area contributed by atoms with Crippen molar-refractivity contribution in [2.24, 2.45) is 0 Å². The first-order chi connectivity index (χ1) is 5.46. The van der Waals surface area contributed by atoms with Gasteiger partial charge >= 0.3 is 0 Å². The average Bonchev–Trinajstić information content (AvgIpc) is 2.08. The van der Waals surface area contributed by atoms with Gasteiger partial charge in [0.05, 0.1) is 0 Å². The lowest BCUT2D eigenvalue weighted by molar-refractivity contribution is 0.385. The number of hydrogen-bond donors (Lipinski definition) is 0. The van der Waals surface area contributed by atoms with E-state index in [1.165, 1.54) is 5.70 Å². The van der Waals surface area contributed by atoms with Crippen molar-refractivity contribution in [2.45, 2.75) is 13.8 Å². The second-order valence-electron chi connectivity index (χ2n) is 3.05. The first kappa shape index (κ1) is 9.26. The topological polar surface area (TPSA) is 6.48 Å². The molecule has 1 rings (SSSR count). The van der Waals surface area contributed by atoms with Crippen LogP contribution in [0.25, 0.3) is 0 Å². The molecule has 0 spiro atoms. The van der Waals surface area contributed by atoms with Crippen LogP contribution >= 0.6 is 12.2 Å². The molecule has 1 aliphatic rings. The summed E-state index contributed by atoms with van der Waals surface area (Å²) >= 11 is 5.24. The summed E-state index contributed by atoms with van der Waals surface area (Å²) in [6.45, 7) is 8.04. The molecule has 66 valence electrons. The van der Waals surface area contributed by atoms with Crippen LogP contribution in [0.3, 0.4) is 0 Å². The largest absolute Gasteiger partial charge is 0.335 e. The van der Waals surface area contributed by atoms with Crippen LogP contribution in [0.1, 0.15) is 13.8 Å². The summed E-state index contributed by atoms with van der Waals surface area (Å²) in [4.78, 5) is 4.85. The Morgan fingerprint density at radius 3 is 2.17 bits per heavy atom.